The molecule has 2 N–H and O–H groups in total. The van der Waals surface area contributed by atoms with Gasteiger partial charge in [-0.15, -0.1) is 0 Å². The van der Waals surface area contributed by atoms with Crippen LogP contribution >= 0.6 is 0 Å². The van der Waals surface area contributed by atoms with E-state index in [2.05, 4.69) is 53.8 Å². The van der Waals surface area contributed by atoms with Gasteiger partial charge in [0.15, 0.2) is 11.5 Å². The lowest BCUT2D eigenvalue weighted by Crippen LogP contribution is -3.14. The van der Waals surface area contributed by atoms with E-state index < -0.39 is 0 Å². The number of benzene rings is 5. The minimum Gasteiger partial charge on any atom is -1.00 e. The monoisotopic (exact) mass is 803 g/mol. The number of methoxy groups -OCH3 is 2. The number of aryl methyl sites for hydroxylation is 1. The molecule has 302 valence electrons. The third-order valence-electron chi connectivity index (χ3n) is 11.9. The van der Waals surface area contributed by atoms with E-state index in [9.17, 15) is 18.8 Å². The molecule has 0 aliphatic carbocycles. The second kappa shape index (κ2) is 19.3. The summed E-state index contributed by atoms with van der Waals surface area (Å²) in [5.74, 6) is 0.485. The molecule has 2 atom stereocenters. The summed E-state index contributed by atoms with van der Waals surface area (Å²) >= 11 is 0. The predicted molar refractivity (Wildman–Crippen MR) is 218 cm³/mol. The smallest absolute Gasteiger partial charge is 0.261 e. The number of imide groups is 1. The Labute approximate surface area is 346 Å². The molecule has 10 heteroatoms. The Kier molecular flexibility index (Phi) is 14.0. The molecule has 5 aromatic rings. The summed E-state index contributed by atoms with van der Waals surface area (Å²) < 4.78 is 24.8. The summed E-state index contributed by atoms with van der Waals surface area (Å²) in [5.41, 5.74) is 6.19. The number of hydrogen-bond donors (Lipinski definition) is 2. The average molecular weight is 804 g/mol. The minimum atomic E-state index is -0.316. The lowest BCUT2D eigenvalue weighted by molar-refractivity contribution is -0.933. The number of carbonyl (C=O) groups is 3. The van der Waals surface area contributed by atoms with Gasteiger partial charge in [-0.25, -0.2) is 4.39 Å². The van der Waals surface area contributed by atoms with Crippen molar-refractivity contribution in [1.82, 2.24) is 10.2 Å². The number of nitrogens with one attached hydrogen (secondary N) is 2. The van der Waals surface area contributed by atoms with Crippen molar-refractivity contribution in [2.75, 3.05) is 40.4 Å². The lowest BCUT2D eigenvalue weighted by atomic mass is 9.68. The van der Waals surface area contributed by atoms with E-state index in [-0.39, 0.29) is 53.9 Å². The Balaban J connectivity index is 0.00000567. The highest BCUT2D eigenvalue weighted by Crippen LogP contribution is 2.41. The maximum atomic E-state index is 13.7. The number of halogens is 2. The van der Waals surface area contributed by atoms with Gasteiger partial charge in [-0.2, -0.15) is 0 Å². The highest BCUT2D eigenvalue weighted by atomic mass is 35.5. The summed E-state index contributed by atoms with van der Waals surface area (Å²) in [6, 6.07) is 38.6. The van der Waals surface area contributed by atoms with Crippen molar-refractivity contribution >= 4 is 17.7 Å². The quantitative estimate of drug-likeness (QED) is 0.110. The second-order valence-corrected chi connectivity index (χ2v) is 15.1. The number of nitrogens with zero attached hydrogens (tertiary/aromatic N) is 1. The van der Waals surface area contributed by atoms with Gasteiger partial charge in [-0.3, -0.25) is 19.3 Å². The van der Waals surface area contributed by atoms with Crippen LogP contribution in [0.1, 0.15) is 86.7 Å². The number of carbonyl (C=O) groups excluding carboxylic acids is 3. The summed E-state index contributed by atoms with van der Waals surface area (Å²) in [6.45, 7) is 2.46. The van der Waals surface area contributed by atoms with Gasteiger partial charge in [-0.1, -0.05) is 84.9 Å². The Hall–Kier alpha value is -5.51. The van der Waals surface area contributed by atoms with E-state index in [1.54, 1.807) is 50.6 Å². The van der Waals surface area contributed by atoms with Gasteiger partial charge in [0.1, 0.15) is 11.9 Å². The predicted octanol–water partition coefficient (Wildman–Crippen LogP) is 3.92. The van der Waals surface area contributed by atoms with E-state index in [0.717, 1.165) is 61.9 Å². The first kappa shape index (κ1) is 42.1. The number of rotatable bonds is 17. The first-order valence-electron chi connectivity index (χ1n) is 20.0. The van der Waals surface area contributed by atoms with Crippen LogP contribution in [0.5, 0.6) is 11.5 Å². The van der Waals surface area contributed by atoms with Crippen molar-refractivity contribution < 1.29 is 45.6 Å². The zero-order valence-corrected chi connectivity index (χ0v) is 33.9. The second-order valence-electron chi connectivity index (χ2n) is 15.1. The number of hydrogen-bond acceptors (Lipinski definition) is 5. The number of quaternary nitrogens is 1. The molecular formula is C48H51ClFN3O5. The maximum absolute atomic E-state index is 13.7. The fourth-order valence-corrected chi connectivity index (χ4v) is 8.90. The summed E-state index contributed by atoms with van der Waals surface area (Å²) in [4.78, 5) is 43.0. The summed E-state index contributed by atoms with van der Waals surface area (Å²) in [7, 11) is 3.26. The Morgan fingerprint density at radius 2 is 1.36 bits per heavy atom. The van der Waals surface area contributed by atoms with Gasteiger partial charge < -0.3 is 32.1 Å². The van der Waals surface area contributed by atoms with Crippen molar-refractivity contribution in [1.29, 1.82) is 0 Å². The Morgan fingerprint density at radius 3 is 1.97 bits per heavy atom. The molecule has 0 radical (unpaired) electrons. The molecular weight excluding hydrogens is 753 g/mol. The fraction of sp³-hybridized carbons (Fsp3) is 0.312. The summed E-state index contributed by atoms with van der Waals surface area (Å²) in [5, 5.41) is 3.13. The number of amides is 3. The molecule has 8 nitrogen and oxygen atoms in total. The number of fused-ring (bicyclic) bond motifs is 2. The van der Waals surface area contributed by atoms with Crippen LogP contribution in [0.2, 0.25) is 0 Å². The van der Waals surface area contributed by atoms with Crippen LogP contribution in [0.25, 0.3) is 0 Å². The van der Waals surface area contributed by atoms with Crippen LogP contribution in [0.4, 0.5) is 4.39 Å². The maximum Gasteiger partial charge on any atom is 0.261 e. The Bertz CT molecular complexity index is 2110. The van der Waals surface area contributed by atoms with Crippen molar-refractivity contribution in [3.8, 4) is 11.5 Å². The van der Waals surface area contributed by atoms with Gasteiger partial charge in [0.05, 0.1) is 45.0 Å². The topological polar surface area (TPSA) is 89.4 Å². The fourth-order valence-electron chi connectivity index (χ4n) is 8.90. The molecule has 0 saturated heterocycles. The normalized spacial score (nSPS) is 15.9. The van der Waals surface area contributed by atoms with E-state index in [4.69, 9.17) is 9.47 Å². The van der Waals surface area contributed by atoms with Gasteiger partial charge in [0.2, 0.25) is 5.91 Å². The van der Waals surface area contributed by atoms with Gasteiger partial charge in [0.25, 0.3) is 11.8 Å². The van der Waals surface area contributed by atoms with Crippen molar-refractivity contribution in [2.45, 2.75) is 56.4 Å². The third-order valence-corrected chi connectivity index (χ3v) is 11.9. The van der Waals surface area contributed by atoms with Crippen LogP contribution in [-0.4, -0.2) is 63.0 Å². The van der Waals surface area contributed by atoms with Crippen LogP contribution in [0.3, 0.4) is 0 Å². The van der Waals surface area contributed by atoms with Gasteiger partial charge >= 0.3 is 0 Å². The van der Waals surface area contributed by atoms with E-state index in [0.29, 0.717) is 42.0 Å². The molecule has 3 amide bonds. The third kappa shape index (κ3) is 9.11. The average Bonchev–Trinajstić information content (AvgIpc) is 3.49. The molecule has 2 aliphatic rings. The van der Waals surface area contributed by atoms with Gasteiger partial charge in [-0.05, 0) is 90.8 Å². The first-order valence-corrected chi connectivity index (χ1v) is 20.0. The molecule has 2 unspecified atom stereocenters. The van der Waals surface area contributed by atoms with Crippen LogP contribution in [-0.2, 0) is 23.1 Å². The van der Waals surface area contributed by atoms with Crippen LogP contribution in [0, 0.1) is 5.82 Å². The molecule has 0 spiro atoms. The molecule has 7 rings (SSSR count). The minimum absolute atomic E-state index is 0. The largest absolute Gasteiger partial charge is 1.00 e. The highest BCUT2D eigenvalue weighted by molar-refractivity contribution is 6.21. The lowest BCUT2D eigenvalue weighted by Gasteiger charge is -2.39. The molecule has 0 aromatic heterocycles. The zero-order valence-electron chi connectivity index (χ0n) is 33.1. The van der Waals surface area contributed by atoms with E-state index in [1.165, 1.54) is 33.1 Å². The molecule has 5 aromatic carbocycles. The highest BCUT2D eigenvalue weighted by Gasteiger charge is 2.42. The van der Waals surface area contributed by atoms with Crippen molar-refractivity contribution in [3.05, 3.63) is 166 Å². The van der Waals surface area contributed by atoms with Gasteiger partial charge in [0, 0.05) is 30.4 Å². The molecule has 58 heavy (non-hydrogen) atoms. The molecule has 0 saturated carbocycles. The number of ether oxygens (including phenoxy) is 2. The van der Waals surface area contributed by atoms with Crippen LogP contribution in [0.15, 0.2) is 121 Å². The van der Waals surface area contributed by atoms with Crippen molar-refractivity contribution in [3.63, 3.8) is 0 Å². The van der Waals surface area contributed by atoms with Crippen molar-refractivity contribution in [2.24, 2.45) is 0 Å². The Morgan fingerprint density at radius 1 is 0.793 bits per heavy atom. The molecule has 2 heterocycles. The molecule has 0 bridgehead atoms. The molecule has 2 aliphatic heterocycles. The summed E-state index contributed by atoms with van der Waals surface area (Å²) in [6.07, 6.45) is 5.07. The zero-order chi connectivity index (χ0) is 39.8. The SMILES string of the molecule is COc1cc2c(cc1OC)C(CN1C(=O)c3ccccc3C1=O)[NH+](CCCC(CCCNC(=O)CCc1ccc(F)cc1)(c1ccccc1)c1ccccc1)CC2.[Cl-]. The first-order chi connectivity index (χ1) is 27.8. The standard InChI is InChI=1S/C48H50FN3O5.ClH/c1-56-43-31-35-25-30-51(42(41(35)32-44(43)57-2)33-52-46(54)39-17-9-10-18-40(39)47(52)55)29-12-27-48(36-13-5-3-6-14-36,37-15-7-4-8-16-37)26-11-28-50-45(53)24-21-34-19-22-38(49)23-20-34;/h3-10,13-20,22-23,31-32,42H,11-12,21,24-30,33H2,1-2H3,(H,50,53);1H. The molecule has 0 fully saturated rings. The van der Waals surface area contributed by atoms with E-state index >= 15 is 0 Å². The van der Waals surface area contributed by atoms with Crippen LogP contribution < -0.4 is 32.1 Å². The van der Waals surface area contributed by atoms with E-state index in [1.807, 2.05) is 24.3 Å².